The normalized spacial score (nSPS) is 22.3. The van der Waals surface area contributed by atoms with Gasteiger partial charge in [-0.15, -0.1) is 6.67 Å². The molecule has 0 aliphatic carbocycles. The van der Waals surface area contributed by atoms with Gasteiger partial charge in [0.05, 0.1) is 33.4 Å². The topological polar surface area (TPSA) is 306 Å². The molecule has 8 amide bonds. The number of phenols is 3. The van der Waals surface area contributed by atoms with Crippen LogP contribution in [0.1, 0.15) is 88.4 Å². The molecule has 4 aliphatic heterocycles. The van der Waals surface area contributed by atoms with Crippen LogP contribution in [-0.2, 0) is 0 Å². The molecule has 5 unspecified atom stereocenters. The van der Waals surface area contributed by atoms with E-state index in [1.165, 1.54) is 54.6 Å². The number of hydrogen-bond acceptors (Lipinski definition) is 15. The standard InChI is InChI=1S/C54H66FN12O11.Fm/c1-34-36-6-2-7-37(34)48(72)57-15-22-66-26-19-60-51(75)39-9-3-8-38(44(39)68)49(73)58-16-23-64(21-14-56-47(36)71)28-29-65-24-17-59-50(74)40-10-4-11-41(45(40)69)52(76)62-20-27-67(31-30-66)33-35(32-55)63-54(78)43-13-5-12-42(46(43)70)53(77)61-18-25-65;/h2-13,32,35,68-70H,14-31,33H2,1H3,(H,56,71)(H,57,72)(H,58,73)(H,59,74)(H,60,75)(H,61,77)(H,62,76)(H,63,78);/q-1;. The predicted molar refractivity (Wildman–Crippen MR) is 284 cm³/mol. The first kappa shape index (κ1) is 59.1. The number of fused-ring (bicyclic) bond motifs is 16. The quantitative estimate of drug-likeness (QED) is 0.110. The van der Waals surface area contributed by atoms with Gasteiger partial charge in [0.25, 0.3) is 47.3 Å². The molecule has 4 heterocycles. The molecule has 0 radical (unpaired) electrons. The number of nitrogens with zero attached hydrogens (tertiary/aromatic N) is 4. The fraction of sp³-hybridized carbons (Fsp3) is 0.389. The zero-order chi connectivity index (χ0) is 55.7. The van der Waals surface area contributed by atoms with Crippen molar-refractivity contribution in [3.8, 4) is 17.2 Å². The number of halogens is 1. The molecule has 25 heteroatoms. The van der Waals surface area contributed by atoms with E-state index >= 15 is 0 Å². The average molecular weight is 1340 g/mol. The summed E-state index contributed by atoms with van der Waals surface area (Å²) in [6.07, 6.45) is 0. The smallest absolute Gasteiger partial charge is 0.255 e. The van der Waals surface area contributed by atoms with Crippen LogP contribution < -0.4 is 42.5 Å². The molecule has 8 rings (SSSR count). The molecule has 4 aliphatic rings. The molecular weight excluding hydrogens is 1270 g/mol. The minimum atomic E-state index is -1.32. The van der Waals surface area contributed by atoms with E-state index in [2.05, 4.69) is 42.5 Å². The minimum Gasteiger partial charge on any atom is -0.506 e. The molecule has 23 nitrogen and oxygen atoms in total. The molecule has 0 saturated carbocycles. The molecule has 11 N–H and O–H groups in total. The van der Waals surface area contributed by atoms with Crippen molar-refractivity contribution in [2.75, 3.05) is 124 Å². The molecule has 0 aromatic heterocycles. The maximum Gasteiger partial charge on any atom is 0.255 e. The van der Waals surface area contributed by atoms with E-state index in [0.29, 0.717) is 5.56 Å². The van der Waals surface area contributed by atoms with Gasteiger partial charge < -0.3 is 67.1 Å². The molecule has 79 heavy (non-hydrogen) atoms. The summed E-state index contributed by atoms with van der Waals surface area (Å²) < 4.78 is 15.0. The van der Waals surface area contributed by atoms with Crippen LogP contribution in [-0.4, -0.2) is 213 Å². The number of carbonyl (C=O) groups excluding carboxylic acids is 8. The van der Waals surface area contributed by atoms with Crippen LogP contribution in [0.5, 0.6) is 17.2 Å². The van der Waals surface area contributed by atoms with Gasteiger partial charge in [-0.1, -0.05) is 30.3 Å². The number of phenolic OH excluding ortho intramolecular Hbond substituents is 3. The summed E-state index contributed by atoms with van der Waals surface area (Å²) in [5.74, 6) is -6.91. The van der Waals surface area contributed by atoms with Crippen molar-refractivity contribution in [1.29, 1.82) is 0 Å². The van der Waals surface area contributed by atoms with Gasteiger partial charge in [0.15, 0.2) is 0 Å². The van der Waals surface area contributed by atoms with Crippen LogP contribution in [0.2, 0.25) is 0 Å². The van der Waals surface area contributed by atoms with Gasteiger partial charge in [-0.25, -0.2) is 0 Å². The van der Waals surface area contributed by atoms with Crippen LogP contribution >= 0.6 is 0 Å². The molecule has 5 atom stereocenters. The predicted octanol–water partition coefficient (Wildman–Crippen LogP) is -0.200. The molecular formula is C54H66FFmN12O11-. The Hall–Kier alpha value is -9.19. The Kier molecular flexibility index (Phi) is 21.1. The number of benzene rings is 4. The Morgan fingerprint density at radius 3 is 0.886 bits per heavy atom. The molecule has 0 saturated heterocycles. The SMILES string of the molecule is Cc1c2cccc1C(=O)NCCN1CCNC(=O)c3cccc(c3O)C(=O)NCCN(CCNC2=O)CCN2CCNC(=O)c3cccc(c3O)C(=O)NCCN(CC1)CC([CH-]F)NC(=O)c1cccc(c1O)C(=O)NCC2.[Fm]. The van der Waals surface area contributed by atoms with Crippen LogP contribution in [0.3, 0.4) is 0 Å². The Balaban J connectivity index is 0.0000101. The van der Waals surface area contributed by atoms with E-state index < -0.39 is 70.5 Å². The van der Waals surface area contributed by atoms with Gasteiger partial charge in [-0.05, 0) is 67.6 Å². The van der Waals surface area contributed by atoms with Crippen LogP contribution in [0.25, 0.3) is 0 Å². The van der Waals surface area contributed by atoms with Crippen molar-refractivity contribution >= 4 is 47.3 Å². The summed E-state index contributed by atoms with van der Waals surface area (Å²) in [4.78, 5) is 117. The summed E-state index contributed by atoms with van der Waals surface area (Å²) in [5, 5.41) is 56.3. The summed E-state index contributed by atoms with van der Waals surface area (Å²) >= 11 is 0. The van der Waals surface area contributed by atoms with Crippen molar-refractivity contribution in [1.82, 2.24) is 62.1 Å². The first-order valence-corrected chi connectivity index (χ1v) is 25.8. The number of para-hydroxylation sites is 3. The van der Waals surface area contributed by atoms with Gasteiger partial charge >= 0.3 is 0 Å². The Labute approximate surface area is 450 Å². The Bertz CT molecular complexity index is 2790. The van der Waals surface area contributed by atoms with E-state index in [0.717, 1.165) is 0 Å². The van der Waals surface area contributed by atoms with Crippen molar-refractivity contribution in [3.63, 3.8) is 0 Å². The molecule has 4 aromatic rings. The maximum atomic E-state index is 15.0. The van der Waals surface area contributed by atoms with E-state index in [1.54, 1.807) is 30.0 Å². The Morgan fingerprint density at radius 1 is 0.380 bits per heavy atom. The number of carbonyl (C=O) groups is 8. The van der Waals surface area contributed by atoms with E-state index in [9.17, 15) is 58.1 Å². The molecule has 0 fully saturated rings. The number of nitrogens with one attached hydrogen (secondary N) is 8. The molecule has 0 spiro atoms. The fourth-order valence-electron chi connectivity index (χ4n) is 9.32. The zero-order valence-corrected chi connectivity index (χ0v) is 46.0. The first-order chi connectivity index (χ1) is 37.6. The van der Waals surface area contributed by atoms with E-state index in [4.69, 9.17) is 0 Å². The second kappa shape index (κ2) is 28.3. The zero-order valence-electron chi connectivity index (χ0n) is 43.6. The second-order valence-corrected chi connectivity index (χ2v) is 18.9. The summed E-state index contributed by atoms with van der Waals surface area (Å²) in [5.41, 5.74) is -0.173. The molecule has 428 valence electrons. The first-order valence-electron chi connectivity index (χ1n) is 25.8. The van der Waals surface area contributed by atoms with Gasteiger partial charge in [-0.3, -0.25) is 53.1 Å². The van der Waals surface area contributed by atoms with E-state index in [-0.39, 0.29) is 176 Å². The Morgan fingerprint density at radius 2 is 0.608 bits per heavy atom. The fourth-order valence-corrected chi connectivity index (χ4v) is 9.32. The summed E-state index contributed by atoms with van der Waals surface area (Å²) in [7, 11) is 0. The monoisotopic (exact) mass is 1330 g/mol. The number of rotatable bonds is 1. The summed E-state index contributed by atoms with van der Waals surface area (Å²) in [6.45, 7) is 3.89. The largest absolute Gasteiger partial charge is 0.506 e. The number of aromatic hydroxyl groups is 3. The number of amides is 8. The third-order valence-electron chi connectivity index (χ3n) is 13.8. The molecule has 4 aromatic carbocycles. The van der Waals surface area contributed by atoms with E-state index in [1.807, 2.05) is 14.7 Å². The average Bonchev–Trinajstić information content (AvgIpc) is 3.43. The second-order valence-electron chi connectivity index (χ2n) is 18.9. The maximum absolute atomic E-state index is 15.0. The third-order valence-corrected chi connectivity index (χ3v) is 13.8. The van der Waals surface area contributed by atoms with Gasteiger partial charge in [0.2, 0.25) is 0 Å². The van der Waals surface area contributed by atoms with Crippen LogP contribution in [0.15, 0.2) is 72.8 Å². The van der Waals surface area contributed by atoms with Crippen LogP contribution in [0, 0.1) is 13.6 Å². The van der Waals surface area contributed by atoms with Crippen molar-refractivity contribution < 1.29 is 58.1 Å². The summed E-state index contributed by atoms with van der Waals surface area (Å²) in [6, 6.07) is 15.9. The van der Waals surface area contributed by atoms with Gasteiger partial charge in [0.1, 0.15) is 17.2 Å². The minimum absolute atomic E-state index is 0. The number of hydrogen-bond donors (Lipinski definition) is 11. The van der Waals surface area contributed by atoms with Gasteiger partial charge in [-0.2, -0.15) is 0 Å². The third kappa shape index (κ3) is 15.5. The van der Waals surface area contributed by atoms with Crippen molar-refractivity contribution in [3.05, 3.63) is 130 Å². The van der Waals surface area contributed by atoms with Crippen LogP contribution in [0.4, 0.5) is 4.39 Å². The van der Waals surface area contributed by atoms with Gasteiger partial charge in [0, 0.05) is 129 Å². The molecule has 12 bridgehead atoms. The van der Waals surface area contributed by atoms with Crippen molar-refractivity contribution in [2.24, 2.45) is 0 Å². The van der Waals surface area contributed by atoms with Crippen molar-refractivity contribution in [2.45, 2.75) is 13.0 Å².